The molecule has 0 atom stereocenters. The molecule has 1 aromatic heterocycles. The second-order valence-electron chi connectivity index (χ2n) is 2.41. The molecule has 72 valence electrons. The SMILES string of the molecule is NCc1cnc(I)c(C(F)F)c1N. The predicted molar refractivity (Wildman–Crippen MR) is 54.2 cm³/mol. The quantitative estimate of drug-likeness (QED) is 0.645. The van der Waals surface area contributed by atoms with E-state index in [9.17, 15) is 8.78 Å². The summed E-state index contributed by atoms with van der Waals surface area (Å²) in [5, 5.41) is 0. The van der Waals surface area contributed by atoms with Crippen LogP contribution in [0.15, 0.2) is 6.20 Å². The molecule has 4 N–H and O–H groups in total. The van der Waals surface area contributed by atoms with Crippen LogP contribution in [-0.2, 0) is 6.54 Å². The van der Waals surface area contributed by atoms with Crippen LogP contribution in [0.2, 0.25) is 0 Å². The van der Waals surface area contributed by atoms with Crippen molar-refractivity contribution in [2.24, 2.45) is 5.73 Å². The lowest BCUT2D eigenvalue weighted by Gasteiger charge is -2.09. The topological polar surface area (TPSA) is 64.9 Å². The fourth-order valence-electron chi connectivity index (χ4n) is 0.928. The highest BCUT2D eigenvalue weighted by Crippen LogP contribution is 2.30. The summed E-state index contributed by atoms with van der Waals surface area (Å²) < 4.78 is 25.1. The summed E-state index contributed by atoms with van der Waals surface area (Å²) in [6.45, 7) is 0.121. The van der Waals surface area contributed by atoms with Crippen molar-refractivity contribution in [3.8, 4) is 0 Å². The number of nitrogen functional groups attached to an aromatic ring is 1. The van der Waals surface area contributed by atoms with Crippen molar-refractivity contribution in [2.75, 3.05) is 5.73 Å². The Morgan fingerprint density at radius 3 is 2.62 bits per heavy atom. The van der Waals surface area contributed by atoms with Gasteiger partial charge in [0.1, 0.15) is 3.70 Å². The van der Waals surface area contributed by atoms with Gasteiger partial charge in [-0.3, -0.25) is 0 Å². The second kappa shape index (κ2) is 4.14. The summed E-state index contributed by atoms with van der Waals surface area (Å²) in [6, 6.07) is 0. The van der Waals surface area contributed by atoms with Crippen LogP contribution in [-0.4, -0.2) is 4.98 Å². The van der Waals surface area contributed by atoms with Crippen LogP contribution in [0.1, 0.15) is 17.6 Å². The first-order chi connectivity index (χ1) is 6.07. The molecule has 1 heterocycles. The number of alkyl halides is 2. The maximum absolute atomic E-state index is 12.4. The summed E-state index contributed by atoms with van der Waals surface area (Å²) in [4.78, 5) is 3.78. The minimum Gasteiger partial charge on any atom is -0.398 e. The van der Waals surface area contributed by atoms with Crippen LogP contribution < -0.4 is 11.5 Å². The van der Waals surface area contributed by atoms with Gasteiger partial charge in [-0.25, -0.2) is 13.8 Å². The third-order valence-electron chi connectivity index (χ3n) is 1.63. The normalized spacial score (nSPS) is 10.8. The zero-order valence-corrected chi connectivity index (χ0v) is 8.76. The summed E-state index contributed by atoms with van der Waals surface area (Å²) in [7, 11) is 0. The number of pyridine rings is 1. The Balaban J connectivity index is 3.30. The fourth-order valence-corrected chi connectivity index (χ4v) is 1.59. The maximum Gasteiger partial charge on any atom is 0.268 e. The van der Waals surface area contributed by atoms with Gasteiger partial charge in [0.2, 0.25) is 0 Å². The Morgan fingerprint density at radius 1 is 1.54 bits per heavy atom. The van der Waals surface area contributed by atoms with E-state index in [4.69, 9.17) is 11.5 Å². The Kier molecular flexibility index (Phi) is 3.37. The minimum atomic E-state index is -2.61. The van der Waals surface area contributed by atoms with E-state index in [2.05, 4.69) is 4.98 Å². The van der Waals surface area contributed by atoms with Crippen LogP contribution in [0.25, 0.3) is 0 Å². The number of nitrogens with two attached hydrogens (primary N) is 2. The van der Waals surface area contributed by atoms with E-state index in [0.717, 1.165) is 0 Å². The highest BCUT2D eigenvalue weighted by atomic mass is 127. The Bertz CT molecular complexity index is 317. The summed E-state index contributed by atoms with van der Waals surface area (Å²) in [6.07, 6.45) is -1.19. The molecule has 1 rings (SSSR count). The number of hydrogen-bond acceptors (Lipinski definition) is 3. The van der Waals surface area contributed by atoms with Crippen LogP contribution in [0.5, 0.6) is 0 Å². The average molecular weight is 299 g/mol. The first-order valence-electron chi connectivity index (χ1n) is 3.49. The molecule has 6 heteroatoms. The maximum atomic E-state index is 12.4. The second-order valence-corrected chi connectivity index (χ2v) is 3.43. The smallest absolute Gasteiger partial charge is 0.268 e. The highest BCUT2D eigenvalue weighted by molar-refractivity contribution is 14.1. The fraction of sp³-hybridized carbons (Fsp3) is 0.286. The van der Waals surface area contributed by atoms with Crippen molar-refractivity contribution in [1.82, 2.24) is 4.98 Å². The number of anilines is 1. The van der Waals surface area contributed by atoms with E-state index >= 15 is 0 Å². The number of aromatic nitrogens is 1. The zero-order chi connectivity index (χ0) is 10.0. The van der Waals surface area contributed by atoms with Crippen molar-refractivity contribution in [3.05, 3.63) is 21.0 Å². The molecule has 0 amide bonds. The summed E-state index contributed by atoms with van der Waals surface area (Å²) in [5.74, 6) is 0. The first kappa shape index (κ1) is 10.6. The Morgan fingerprint density at radius 2 is 2.15 bits per heavy atom. The molecule has 0 saturated heterocycles. The monoisotopic (exact) mass is 299 g/mol. The molecule has 13 heavy (non-hydrogen) atoms. The van der Waals surface area contributed by atoms with E-state index in [0.29, 0.717) is 5.56 Å². The molecule has 0 aliphatic carbocycles. The molecule has 0 bridgehead atoms. The predicted octanol–water partition coefficient (Wildman–Crippen LogP) is 1.66. The van der Waals surface area contributed by atoms with E-state index in [1.54, 1.807) is 22.6 Å². The van der Waals surface area contributed by atoms with Gasteiger partial charge >= 0.3 is 0 Å². The van der Waals surface area contributed by atoms with E-state index in [1.807, 2.05) is 0 Å². The third-order valence-corrected chi connectivity index (χ3v) is 2.49. The number of nitrogens with zero attached hydrogens (tertiary/aromatic N) is 1. The van der Waals surface area contributed by atoms with Gasteiger partial charge in [-0.2, -0.15) is 0 Å². The van der Waals surface area contributed by atoms with E-state index in [-0.39, 0.29) is 21.5 Å². The highest BCUT2D eigenvalue weighted by Gasteiger charge is 2.18. The third kappa shape index (κ3) is 2.05. The molecule has 0 unspecified atom stereocenters. The number of rotatable bonds is 2. The van der Waals surface area contributed by atoms with Crippen molar-refractivity contribution in [1.29, 1.82) is 0 Å². The molecule has 3 nitrogen and oxygen atoms in total. The van der Waals surface area contributed by atoms with Gasteiger partial charge in [0.15, 0.2) is 0 Å². The lowest BCUT2D eigenvalue weighted by molar-refractivity contribution is 0.150. The van der Waals surface area contributed by atoms with E-state index in [1.165, 1.54) is 6.20 Å². The molecule has 0 saturated carbocycles. The summed E-state index contributed by atoms with van der Waals surface area (Å²) >= 11 is 1.72. The van der Waals surface area contributed by atoms with Gasteiger partial charge in [-0.05, 0) is 22.6 Å². The summed E-state index contributed by atoms with van der Waals surface area (Å²) in [5.41, 5.74) is 11.1. The lowest BCUT2D eigenvalue weighted by atomic mass is 10.1. The number of hydrogen-bond donors (Lipinski definition) is 2. The van der Waals surface area contributed by atoms with Gasteiger partial charge < -0.3 is 11.5 Å². The molecule has 0 spiro atoms. The Hall–Kier alpha value is -0.500. The van der Waals surface area contributed by atoms with Gasteiger partial charge in [0.05, 0.1) is 5.56 Å². The lowest BCUT2D eigenvalue weighted by Crippen LogP contribution is -2.08. The van der Waals surface area contributed by atoms with Crippen LogP contribution >= 0.6 is 22.6 Å². The van der Waals surface area contributed by atoms with Crippen molar-refractivity contribution >= 4 is 28.3 Å². The van der Waals surface area contributed by atoms with Crippen molar-refractivity contribution in [2.45, 2.75) is 13.0 Å². The van der Waals surface area contributed by atoms with E-state index < -0.39 is 6.43 Å². The molecule has 0 radical (unpaired) electrons. The van der Waals surface area contributed by atoms with Gasteiger partial charge in [-0.15, -0.1) is 0 Å². The molecule has 1 aromatic rings. The first-order valence-corrected chi connectivity index (χ1v) is 4.56. The largest absolute Gasteiger partial charge is 0.398 e. The molecule has 0 aliphatic heterocycles. The van der Waals surface area contributed by atoms with Crippen molar-refractivity contribution in [3.63, 3.8) is 0 Å². The van der Waals surface area contributed by atoms with Gasteiger partial charge in [0.25, 0.3) is 6.43 Å². The standard InChI is InChI=1S/C7H8F2IN3/c8-6(9)4-5(12)3(1-11)2-13-7(4)10/h2,6H,1,11H2,(H2,12,13). The minimum absolute atomic E-state index is 0.0527. The zero-order valence-electron chi connectivity index (χ0n) is 6.60. The van der Waals surface area contributed by atoms with Crippen LogP contribution in [0.4, 0.5) is 14.5 Å². The van der Waals surface area contributed by atoms with Crippen LogP contribution in [0, 0.1) is 3.70 Å². The molecule has 0 fully saturated rings. The van der Waals surface area contributed by atoms with Crippen molar-refractivity contribution < 1.29 is 8.78 Å². The molecule has 0 aliphatic rings. The molecule has 0 aromatic carbocycles. The molecular weight excluding hydrogens is 291 g/mol. The average Bonchev–Trinajstić information content (AvgIpc) is 2.04. The Labute approximate surface area is 87.7 Å². The molecular formula is C7H8F2IN3. The van der Waals surface area contributed by atoms with Crippen LogP contribution in [0.3, 0.4) is 0 Å². The van der Waals surface area contributed by atoms with Gasteiger partial charge in [-0.1, -0.05) is 0 Å². The van der Waals surface area contributed by atoms with Gasteiger partial charge in [0, 0.05) is 24.0 Å². The number of halogens is 3.